The van der Waals surface area contributed by atoms with Crippen LogP contribution in [0.2, 0.25) is 0 Å². The summed E-state index contributed by atoms with van der Waals surface area (Å²) >= 11 is 0. The molecule has 0 aliphatic rings. The zero-order valence-electron chi connectivity index (χ0n) is 12.5. The Labute approximate surface area is 120 Å². The van der Waals surface area contributed by atoms with E-state index in [0.717, 1.165) is 5.56 Å². The summed E-state index contributed by atoms with van der Waals surface area (Å²) in [5.41, 5.74) is 1.08. The molecule has 1 aromatic rings. The van der Waals surface area contributed by atoms with Gasteiger partial charge in [-0.3, -0.25) is 0 Å². The maximum atomic E-state index is 9.20. The van der Waals surface area contributed by atoms with Gasteiger partial charge in [0.1, 0.15) is 6.61 Å². The molecule has 5 heteroatoms. The van der Waals surface area contributed by atoms with Crippen molar-refractivity contribution in [3.05, 3.63) is 23.8 Å². The van der Waals surface area contributed by atoms with E-state index in [9.17, 15) is 5.11 Å². The van der Waals surface area contributed by atoms with Crippen LogP contribution in [0.4, 0.5) is 0 Å². The van der Waals surface area contributed by atoms with Crippen LogP contribution in [-0.2, 0) is 11.3 Å². The normalized spacial score (nSPS) is 12.2. The number of benzene rings is 1. The fraction of sp³-hybridized carbons (Fsp3) is 0.600. The molecule has 1 aromatic carbocycles. The van der Waals surface area contributed by atoms with E-state index in [-0.39, 0.29) is 6.10 Å². The lowest BCUT2D eigenvalue weighted by Gasteiger charge is -2.13. The Bertz CT molecular complexity index is 382. The Kier molecular flexibility index (Phi) is 8.02. The third kappa shape index (κ3) is 6.23. The molecule has 0 fully saturated rings. The summed E-state index contributed by atoms with van der Waals surface area (Å²) in [6, 6.07) is 5.81. The molecule has 0 spiro atoms. The molecule has 0 bridgehead atoms. The van der Waals surface area contributed by atoms with E-state index in [2.05, 4.69) is 5.32 Å². The van der Waals surface area contributed by atoms with E-state index in [4.69, 9.17) is 14.2 Å². The van der Waals surface area contributed by atoms with Crippen molar-refractivity contribution in [3.63, 3.8) is 0 Å². The summed E-state index contributed by atoms with van der Waals surface area (Å²) in [6.45, 7) is 6.71. The molecule has 1 rings (SSSR count). The van der Waals surface area contributed by atoms with Gasteiger partial charge in [0, 0.05) is 19.7 Å². The minimum absolute atomic E-state index is 0.349. The monoisotopic (exact) mass is 283 g/mol. The maximum Gasteiger partial charge on any atom is 0.161 e. The van der Waals surface area contributed by atoms with Crippen LogP contribution >= 0.6 is 0 Å². The van der Waals surface area contributed by atoms with Gasteiger partial charge in [0.15, 0.2) is 11.5 Å². The molecular weight excluding hydrogens is 258 g/mol. The van der Waals surface area contributed by atoms with Crippen molar-refractivity contribution in [2.45, 2.75) is 26.5 Å². The lowest BCUT2D eigenvalue weighted by molar-refractivity contribution is 0.109. The molecule has 0 amide bonds. The average molecular weight is 283 g/mol. The zero-order valence-corrected chi connectivity index (χ0v) is 12.5. The summed E-state index contributed by atoms with van der Waals surface area (Å²) in [4.78, 5) is 0. The smallest absolute Gasteiger partial charge is 0.161 e. The first-order valence-corrected chi connectivity index (χ1v) is 6.93. The average Bonchev–Trinajstić information content (AvgIpc) is 2.44. The highest BCUT2D eigenvalue weighted by Gasteiger charge is 2.06. The third-order valence-corrected chi connectivity index (χ3v) is 2.69. The van der Waals surface area contributed by atoms with Gasteiger partial charge in [-0.25, -0.2) is 0 Å². The Balaban J connectivity index is 2.51. The predicted molar refractivity (Wildman–Crippen MR) is 78.4 cm³/mol. The van der Waals surface area contributed by atoms with Crippen molar-refractivity contribution in [1.82, 2.24) is 5.32 Å². The maximum absolute atomic E-state index is 9.20. The summed E-state index contributed by atoms with van der Waals surface area (Å²) in [5.74, 6) is 1.42. The zero-order chi connectivity index (χ0) is 14.8. The highest BCUT2D eigenvalue weighted by molar-refractivity contribution is 5.42. The summed E-state index contributed by atoms with van der Waals surface area (Å²) in [7, 11) is 1.62. The van der Waals surface area contributed by atoms with Gasteiger partial charge in [-0.05, 0) is 31.5 Å². The first-order chi connectivity index (χ1) is 9.67. The van der Waals surface area contributed by atoms with Gasteiger partial charge < -0.3 is 24.6 Å². The van der Waals surface area contributed by atoms with Gasteiger partial charge in [0.25, 0.3) is 0 Å². The van der Waals surface area contributed by atoms with Crippen LogP contribution in [0.3, 0.4) is 0 Å². The van der Waals surface area contributed by atoms with Crippen LogP contribution in [-0.4, -0.2) is 44.7 Å². The number of aliphatic hydroxyl groups excluding tert-OH is 1. The van der Waals surface area contributed by atoms with Crippen LogP contribution < -0.4 is 14.8 Å². The molecule has 0 saturated carbocycles. The van der Waals surface area contributed by atoms with Gasteiger partial charge in [-0.2, -0.15) is 0 Å². The molecule has 1 unspecified atom stereocenters. The van der Waals surface area contributed by atoms with E-state index in [1.54, 1.807) is 14.0 Å². The summed E-state index contributed by atoms with van der Waals surface area (Å²) < 4.78 is 16.2. The van der Waals surface area contributed by atoms with Gasteiger partial charge >= 0.3 is 0 Å². The molecule has 0 radical (unpaired) electrons. The number of ether oxygens (including phenoxy) is 3. The van der Waals surface area contributed by atoms with Gasteiger partial charge in [-0.1, -0.05) is 6.07 Å². The third-order valence-electron chi connectivity index (χ3n) is 2.69. The number of nitrogens with one attached hydrogen (secondary N) is 1. The molecule has 5 nitrogen and oxygen atoms in total. The summed E-state index contributed by atoms with van der Waals surface area (Å²) in [5, 5.41) is 12.4. The van der Waals surface area contributed by atoms with Crippen molar-refractivity contribution in [3.8, 4) is 11.5 Å². The molecule has 0 heterocycles. The van der Waals surface area contributed by atoms with Gasteiger partial charge in [0.2, 0.25) is 0 Å². The standard InChI is InChI=1S/C15H25NO4/c1-4-19-7-8-20-14-6-5-13(9-15(14)18-3)11-16-10-12(2)17/h5-6,9,12,16-17H,4,7-8,10-11H2,1-3H3. The lowest BCUT2D eigenvalue weighted by atomic mass is 10.2. The van der Waals surface area contributed by atoms with Crippen LogP contribution in [0.5, 0.6) is 11.5 Å². The van der Waals surface area contributed by atoms with Gasteiger partial charge in [0.05, 0.1) is 19.8 Å². The van der Waals surface area contributed by atoms with Crippen molar-refractivity contribution < 1.29 is 19.3 Å². The van der Waals surface area contributed by atoms with Crippen LogP contribution in [0, 0.1) is 0 Å². The first kappa shape index (κ1) is 16.8. The van der Waals surface area contributed by atoms with Crippen LogP contribution in [0.1, 0.15) is 19.4 Å². The fourth-order valence-electron chi connectivity index (χ4n) is 1.72. The Morgan fingerprint density at radius 3 is 2.70 bits per heavy atom. The van der Waals surface area contributed by atoms with Gasteiger partial charge in [-0.15, -0.1) is 0 Å². The lowest BCUT2D eigenvalue weighted by Crippen LogP contribution is -2.23. The highest BCUT2D eigenvalue weighted by atomic mass is 16.5. The number of rotatable bonds is 10. The molecule has 0 aromatic heterocycles. The quantitative estimate of drug-likeness (QED) is 0.638. The van der Waals surface area contributed by atoms with Crippen molar-refractivity contribution in [2.24, 2.45) is 0 Å². The molecule has 114 valence electrons. The number of hydrogen-bond acceptors (Lipinski definition) is 5. The van der Waals surface area contributed by atoms with Crippen LogP contribution in [0.15, 0.2) is 18.2 Å². The van der Waals surface area contributed by atoms with Crippen molar-refractivity contribution in [1.29, 1.82) is 0 Å². The molecule has 0 saturated heterocycles. The topological polar surface area (TPSA) is 60.0 Å². The van der Waals surface area contributed by atoms with E-state index < -0.39 is 0 Å². The Hall–Kier alpha value is -1.30. The molecule has 1 atom stereocenters. The highest BCUT2D eigenvalue weighted by Crippen LogP contribution is 2.27. The minimum Gasteiger partial charge on any atom is -0.493 e. The largest absolute Gasteiger partial charge is 0.493 e. The SMILES string of the molecule is CCOCCOc1ccc(CNCC(C)O)cc1OC. The molecule has 0 aliphatic carbocycles. The minimum atomic E-state index is -0.349. The molecule has 2 N–H and O–H groups in total. The van der Waals surface area contributed by atoms with Crippen molar-refractivity contribution in [2.75, 3.05) is 33.5 Å². The van der Waals surface area contributed by atoms with Crippen LogP contribution in [0.25, 0.3) is 0 Å². The second-order valence-electron chi connectivity index (χ2n) is 4.51. The van der Waals surface area contributed by atoms with E-state index >= 15 is 0 Å². The molecule has 20 heavy (non-hydrogen) atoms. The van der Waals surface area contributed by atoms with E-state index in [1.807, 2.05) is 25.1 Å². The predicted octanol–water partition coefficient (Wildman–Crippen LogP) is 1.58. The first-order valence-electron chi connectivity index (χ1n) is 6.93. The Morgan fingerprint density at radius 1 is 1.25 bits per heavy atom. The Morgan fingerprint density at radius 2 is 2.05 bits per heavy atom. The number of methoxy groups -OCH3 is 1. The molecular formula is C15H25NO4. The van der Waals surface area contributed by atoms with Crippen molar-refractivity contribution >= 4 is 0 Å². The van der Waals surface area contributed by atoms with E-state index in [1.165, 1.54) is 0 Å². The second kappa shape index (κ2) is 9.58. The second-order valence-corrected chi connectivity index (χ2v) is 4.51. The number of hydrogen-bond donors (Lipinski definition) is 2. The fourth-order valence-corrected chi connectivity index (χ4v) is 1.72. The number of aliphatic hydroxyl groups is 1. The summed E-state index contributed by atoms with van der Waals surface area (Å²) in [6.07, 6.45) is -0.349. The molecule has 0 aliphatic heterocycles. The van der Waals surface area contributed by atoms with E-state index in [0.29, 0.717) is 44.4 Å².